The van der Waals surface area contributed by atoms with Gasteiger partial charge in [-0.15, -0.1) is 0 Å². The van der Waals surface area contributed by atoms with Crippen LogP contribution in [0.4, 0.5) is 0 Å². The van der Waals surface area contributed by atoms with Crippen LogP contribution in [0.3, 0.4) is 0 Å². The number of sulfonamides is 1. The van der Waals surface area contributed by atoms with Gasteiger partial charge in [0.1, 0.15) is 4.90 Å². The van der Waals surface area contributed by atoms with E-state index in [1.807, 2.05) is 30.3 Å². The number of hydrogen-bond donors (Lipinski definition) is 0. The quantitative estimate of drug-likeness (QED) is 0.681. The number of fused-ring (bicyclic) bond motifs is 1. The van der Waals surface area contributed by atoms with E-state index in [1.165, 1.54) is 28.1 Å². The van der Waals surface area contributed by atoms with Gasteiger partial charge in [0.15, 0.2) is 5.58 Å². The van der Waals surface area contributed by atoms with Crippen molar-refractivity contribution in [2.45, 2.75) is 24.9 Å². The largest absolute Gasteiger partial charge is 0.419 e. The maximum Gasteiger partial charge on any atom is 0.419 e. The number of oxazole rings is 1. The Kier molecular flexibility index (Phi) is 4.73. The van der Waals surface area contributed by atoms with Crippen molar-refractivity contribution in [3.63, 3.8) is 0 Å². The molecular formula is C17H17ClN2O4S. The van der Waals surface area contributed by atoms with Gasteiger partial charge in [-0.1, -0.05) is 41.9 Å². The highest BCUT2D eigenvalue weighted by Crippen LogP contribution is 2.29. The third kappa shape index (κ3) is 3.22. The van der Waals surface area contributed by atoms with Crippen LogP contribution in [0, 0.1) is 0 Å². The third-order valence-electron chi connectivity index (χ3n) is 3.97. The molecule has 0 aliphatic rings. The molecule has 0 aliphatic heterocycles. The van der Waals surface area contributed by atoms with E-state index >= 15 is 0 Å². The summed E-state index contributed by atoms with van der Waals surface area (Å²) in [5.74, 6) is -0.541. The average Bonchev–Trinajstić information content (AvgIpc) is 2.89. The number of hydrogen-bond acceptors (Lipinski definition) is 4. The van der Waals surface area contributed by atoms with Crippen LogP contribution in [0.25, 0.3) is 11.1 Å². The number of aryl methyl sites for hydroxylation is 1. The summed E-state index contributed by atoms with van der Waals surface area (Å²) in [7, 11) is -2.36. The van der Waals surface area contributed by atoms with Gasteiger partial charge in [-0.25, -0.2) is 13.2 Å². The van der Waals surface area contributed by atoms with Crippen molar-refractivity contribution in [2.75, 3.05) is 7.05 Å². The third-order valence-corrected chi connectivity index (χ3v) is 6.24. The number of benzene rings is 2. The van der Waals surface area contributed by atoms with Crippen LogP contribution >= 0.6 is 11.6 Å². The topological polar surface area (TPSA) is 72.5 Å². The van der Waals surface area contributed by atoms with Gasteiger partial charge in [0.25, 0.3) is 0 Å². The Bertz CT molecular complexity index is 1070. The monoisotopic (exact) mass is 380 g/mol. The van der Waals surface area contributed by atoms with Crippen LogP contribution in [-0.4, -0.2) is 24.3 Å². The fourth-order valence-electron chi connectivity index (χ4n) is 2.65. The normalized spacial score (nSPS) is 12.2. The van der Waals surface area contributed by atoms with Crippen LogP contribution < -0.4 is 5.76 Å². The van der Waals surface area contributed by atoms with E-state index in [0.29, 0.717) is 12.1 Å². The van der Waals surface area contributed by atoms with E-state index in [0.717, 1.165) is 5.56 Å². The van der Waals surface area contributed by atoms with Gasteiger partial charge in [0.2, 0.25) is 10.0 Å². The second-order valence-corrected chi connectivity index (χ2v) is 8.03. The fraction of sp³-hybridized carbons (Fsp3) is 0.235. The second-order valence-electron chi connectivity index (χ2n) is 5.61. The first-order chi connectivity index (χ1) is 11.8. The van der Waals surface area contributed by atoms with Gasteiger partial charge in [-0.2, -0.15) is 4.31 Å². The first kappa shape index (κ1) is 17.7. The van der Waals surface area contributed by atoms with Crippen molar-refractivity contribution >= 4 is 32.7 Å². The summed E-state index contributed by atoms with van der Waals surface area (Å²) in [5, 5.41) is 0.0513. The second kappa shape index (κ2) is 6.67. The highest BCUT2D eigenvalue weighted by molar-refractivity contribution is 7.89. The van der Waals surface area contributed by atoms with Gasteiger partial charge in [-0.3, -0.25) is 4.57 Å². The van der Waals surface area contributed by atoms with Gasteiger partial charge in [0.05, 0.1) is 10.5 Å². The molecule has 0 aliphatic carbocycles. The molecule has 0 saturated heterocycles. The number of aromatic nitrogens is 1. The molecule has 0 fully saturated rings. The van der Waals surface area contributed by atoms with Crippen LogP contribution in [0.5, 0.6) is 0 Å². The molecule has 3 rings (SSSR count). The van der Waals surface area contributed by atoms with E-state index in [9.17, 15) is 13.2 Å². The molecular weight excluding hydrogens is 364 g/mol. The van der Waals surface area contributed by atoms with E-state index in [-0.39, 0.29) is 22.0 Å². The molecule has 132 valence electrons. The molecule has 6 nitrogen and oxygen atoms in total. The Hall–Kier alpha value is -2.09. The standard InChI is InChI=1S/C17H17ClN2O4S/c1-3-20-14-9-13(18)16(10-15(14)24-17(20)21)25(22,23)19(2)11-12-7-5-4-6-8-12/h4-10H,3,11H2,1-2H3. The minimum absolute atomic E-state index is 0.0513. The summed E-state index contributed by atoms with van der Waals surface area (Å²) in [6, 6.07) is 12.0. The van der Waals surface area contributed by atoms with Gasteiger partial charge in [-0.05, 0) is 18.6 Å². The molecule has 0 atom stereocenters. The molecule has 0 amide bonds. The first-order valence-electron chi connectivity index (χ1n) is 7.67. The Morgan fingerprint density at radius 3 is 2.52 bits per heavy atom. The van der Waals surface area contributed by atoms with E-state index in [2.05, 4.69) is 0 Å². The SMILES string of the molecule is CCn1c(=O)oc2cc(S(=O)(=O)N(C)Cc3ccccc3)c(Cl)cc21. The molecule has 1 aromatic heterocycles. The fourth-order valence-corrected chi connectivity index (χ4v) is 4.32. The lowest BCUT2D eigenvalue weighted by molar-refractivity contribution is 0.466. The minimum atomic E-state index is -3.84. The average molecular weight is 381 g/mol. The van der Waals surface area contributed by atoms with E-state index in [1.54, 1.807) is 6.92 Å². The van der Waals surface area contributed by atoms with Gasteiger partial charge >= 0.3 is 5.76 Å². The van der Waals surface area contributed by atoms with Crippen molar-refractivity contribution in [2.24, 2.45) is 0 Å². The van der Waals surface area contributed by atoms with E-state index in [4.69, 9.17) is 16.0 Å². The molecule has 0 saturated carbocycles. The zero-order valence-corrected chi connectivity index (χ0v) is 15.3. The highest BCUT2D eigenvalue weighted by atomic mass is 35.5. The Morgan fingerprint density at radius 2 is 1.88 bits per heavy atom. The molecule has 3 aromatic rings. The Balaban J connectivity index is 2.05. The molecule has 0 bridgehead atoms. The summed E-state index contributed by atoms with van der Waals surface area (Å²) < 4.78 is 33.5. The molecule has 2 aromatic carbocycles. The van der Waals surface area contributed by atoms with E-state index < -0.39 is 15.8 Å². The zero-order chi connectivity index (χ0) is 18.2. The lowest BCUT2D eigenvalue weighted by Gasteiger charge is -2.18. The summed E-state index contributed by atoms with van der Waals surface area (Å²) >= 11 is 6.21. The van der Waals surface area contributed by atoms with Crippen molar-refractivity contribution in [1.29, 1.82) is 0 Å². The molecule has 25 heavy (non-hydrogen) atoms. The maximum absolute atomic E-state index is 12.9. The maximum atomic E-state index is 12.9. The van der Waals surface area contributed by atoms with Crippen LogP contribution in [0.2, 0.25) is 5.02 Å². The summed E-state index contributed by atoms with van der Waals surface area (Å²) in [6.07, 6.45) is 0. The lowest BCUT2D eigenvalue weighted by atomic mass is 10.2. The Morgan fingerprint density at radius 1 is 1.20 bits per heavy atom. The van der Waals surface area contributed by atoms with Crippen LogP contribution in [0.1, 0.15) is 12.5 Å². The predicted molar refractivity (Wildman–Crippen MR) is 96.3 cm³/mol. The minimum Gasteiger partial charge on any atom is -0.408 e. The molecule has 1 heterocycles. The van der Waals surface area contributed by atoms with Crippen molar-refractivity contribution in [3.05, 3.63) is 63.6 Å². The van der Waals surface area contributed by atoms with Gasteiger partial charge in [0, 0.05) is 26.2 Å². The summed E-state index contributed by atoms with van der Waals surface area (Å²) in [4.78, 5) is 11.7. The molecule has 0 spiro atoms. The van der Waals surface area contributed by atoms with Crippen molar-refractivity contribution < 1.29 is 12.8 Å². The van der Waals surface area contributed by atoms with Crippen LogP contribution in [-0.2, 0) is 23.1 Å². The molecule has 8 heteroatoms. The number of nitrogens with zero attached hydrogens (tertiary/aromatic N) is 2. The predicted octanol–water partition coefficient (Wildman–Crippen LogP) is 3.09. The summed E-state index contributed by atoms with van der Waals surface area (Å²) in [6.45, 7) is 2.40. The van der Waals surface area contributed by atoms with Gasteiger partial charge < -0.3 is 4.42 Å². The number of halogens is 1. The molecule has 0 N–H and O–H groups in total. The first-order valence-corrected chi connectivity index (χ1v) is 9.49. The summed E-state index contributed by atoms with van der Waals surface area (Å²) in [5.41, 5.74) is 1.53. The van der Waals surface area contributed by atoms with Crippen molar-refractivity contribution in [1.82, 2.24) is 8.87 Å². The van der Waals surface area contributed by atoms with Crippen molar-refractivity contribution in [3.8, 4) is 0 Å². The molecule has 0 radical (unpaired) electrons. The number of rotatable bonds is 5. The molecule has 0 unspecified atom stereocenters. The van der Waals surface area contributed by atoms with Crippen LogP contribution in [0.15, 0.2) is 56.6 Å². The zero-order valence-electron chi connectivity index (χ0n) is 13.8. The smallest absolute Gasteiger partial charge is 0.408 e. The Labute approximate surface area is 150 Å². The lowest BCUT2D eigenvalue weighted by Crippen LogP contribution is -2.26. The highest BCUT2D eigenvalue weighted by Gasteiger charge is 2.26.